The SMILES string of the molecule is Cc1[c]nn(-c2cccc(C)c2C)c1. The van der Waals surface area contributed by atoms with Gasteiger partial charge in [-0.05, 0) is 43.5 Å². The first-order valence-corrected chi connectivity index (χ1v) is 4.69. The molecule has 0 amide bonds. The summed E-state index contributed by atoms with van der Waals surface area (Å²) in [6.07, 6.45) is 4.91. The average molecular weight is 185 g/mol. The van der Waals surface area contributed by atoms with Crippen LogP contribution in [-0.4, -0.2) is 9.78 Å². The Kier molecular flexibility index (Phi) is 2.12. The van der Waals surface area contributed by atoms with Crippen LogP contribution in [0.5, 0.6) is 0 Å². The second-order valence-electron chi connectivity index (χ2n) is 3.59. The van der Waals surface area contributed by atoms with Crippen LogP contribution in [0.15, 0.2) is 24.4 Å². The van der Waals surface area contributed by atoms with E-state index in [0.29, 0.717) is 0 Å². The van der Waals surface area contributed by atoms with Crippen molar-refractivity contribution in [2.75, 3.05) is 0 Å². The molecule has 2 heteroatoms. The van der Waals surface area contributed by atoms with Crippen molar-refractivity contribution in [1.82, 2.24) is 9.78 Å². The van der Waals surface area contributed by atoms with Gasteiger partial charge in [-0.3, -0.25) is 0 Å². The van der Waals surface area contributed by atoms with Gasteiger partial charge in [0.15, 0.2) is 0 Å². The highest BCUT2D eigenvalue weighted by atomic mass is 15.3. The molecule has 2 aromatic rings. The Morgan fingerprint density at radius 3 is 2.64 bits per heavy atom. The maximum absolute atomic E-state index is 4.18. The Hall–Kier alpha value is -1.57. The largest absolute Gasteiger partial charge is 0.240 e. The Balaban J connectivity index is 2.57. The van der Waals surface area contributed by atoms with Gasteiger partial charge in [0.05, 0.1) is 5.69 Å². The monoisotopic (exact) mass is 185 g/mol. The zero-order chi connectivity index (χ0) is 10.1. The van der Waals surface area contributed by atoms with E-state index in [1.165, 1.54) is 11.1 Å². The van der Waals surface area contributed by atoms with E-state index in [-0.39, 0.29) is 0 Å². The van der Waals surface area contributed by atoms with Gasteiger partial charge in [-0.1, -0.05) is 12.1 Å². The molecule has 0 aliphatic carbocycles. The Bertz CT molecular complexity index is 455. The van der Waals surface area contributed by atoms with Gasteiger partial charge in [0.1, 0.15) is 6.20 Å². The second-order valence-corrected chi connectivity index (χ2v) is 3.59. The van der Waals surface area contributed by atoms with Crippen molar-refractivity contribution < 1.29 is 0 Å². The number of hydrogen-bond acceptors (Lipinski definition) is 1. The van der Waals surface area contributed by atoms with Gasteiger partial charge in [-0.15, -0.1) is 0 Å². The van der Waals surface area contributed by atoms with Crippen molar-refractivity contribution in [1.29, 1.82) is 0 Å². The van der Waals surface area contributed by atoms with Crippen molar-refractivity contribution in [3.63, 3.8) is 0 Å². The molecule has 0 saturated carbocycles. The van der Waals surface area contributed by atoms with Crippen LogP contribution in [0.3, 0.4) is 0 Å². The highest BCUT2D eigenvalue weighted by Crippen LogP contribution is 2.16. The highest BCUT2D eigenvalue weighted by Gasteiger charge is 2.03. The van der Waals surface area contributed by atoms with Crippen LogP contribution in [0.1, 0.15) is 16.7 Å². The molecule has 0 fully saturated rings. The van der Waals surface area contributed by atoms with Crippen molar-refractivity contribution in [2.45, 2.75) is 20.8 Å². The summed E-state index contributed by atoms with van der Waals surface area (Å²) < 4.78 is 1.87. The summed E-state index contributed by atoms with van der Waals surface area (Å²) in [6.45, 7) is 6.22. The van der Waals surface area contributed by atoms with Crippen LogP contribution >= 0.6 is 0 Å². The zero-order valence-electron chi connectivity index (χ0n) is 8.70. The topological polar surface area (TPSA) is 17.8 Å². The molecule has 1 aromatic carbocycles. The quantitative estimate of drug-likeness (QED) is 0.667. The van der Waals surface area contributed by atoms with Crippen LogP contribution in [0.4, 0.5) is 0 Å². The molecular formula is C12H13N2. The molecule has 2 nitrogen and oxygen atoms in total. The van der Waals surface area contributed by atoms with Crippen LogP contribution in [0.25, 0.3) is 5.69 Å². The minimum absolute atomic E-state index is 1.06. The average Bonchev–Trinajstić information content (AvgIpc) is 2.57. The lowest BCUT2D eigenvalue weighted by molar-refractivity contribution is 0.867. The van der Waals surface area contributed by atoms with E-state index in [4.69, 9.17) is 0 Å². The maximum Gasteiger partial charge on any atom is 0.116 e. The van der Waals surface area contributed by atoms with Crippen molar-refractivity contribution in [2.24, 2.45) is 0 Å². The van der Waals surface area contributed by atoms with E-state index < -0.39 is 0 Å². The van der Waals surface area contributed by atoms with Crippen LogP contribution in [0, 0.1) is 27.0 Å². The molecule has 1 aromatic heterocycles. The van der Waals surface area contributed by atoms with E-state index in [0.717, 1.165) is 11.3 Å². The first kappa shape index (κ1) is 9.00. The third kappa shape index (κ3) is 1.43. The molecule has 1 radical (unpaired) electrons. The molecule has 1 heterocycles. The number of nitrogens with zero attached hydrogens (tertiary/aromatic N) is 2. The van der Waals surface area contributed by atoms with Crippen molar-refractivity contribution in [3.8, 4) is 5.69 Å². The van der Waals surface area contributed by atoms with Gasteiger partial charge in [-0.25, -0.2) is 4.68 Å². The third-order valence-electron chi connectivity index (χ3n) is 2.47. The Labute approximate surface area is 84.2 Å². The van der Waals surface area contributed by atoms with Crippen LogP contribution in [-0.2, 0) is 0 Å². The van der Waals surface area contributed by atoms with Gasteiger partial charge in [0.2, 0.25) is 0 Å². The smallest absolute Gasteiger partial charge is 0.116 e. The number of rotatable bonds is 1. The molecule has 0 spiro atoms. The fourth-order valence-electron chi connectivity index (χ4n) is 1.48. The lowest BCUT2D eigenvalue weighted by Gasteiger charge is -2.07. The molecule has 0 aliphatic heterocycles. The molecule has 71 valence electrons. The molecule has 0 aliphatic rings. The lowest BCUT2D eigenvalue weighted by Crippen LogP contribution is -1.98. The number of hydrogen-bond donors (Lipinski definition) is 0. The van der Waals surface area contributed by atoms with Crippen molar-refractivity contribution >= 4 is 0 Å². The van der Waals surface area contributed by atoms with Crippen molar-refractivity contribution in [3.05, 3.63) is 47.3 Å². The minimum atomic E-state index is 1.06. The molecule has 0 N–H and O–H groups in total. The van der Waals surface area contributed by atoms with E-state index in [9.17, 15) is 0 Å². The minimum Gasteiger partial charge on any atom is -0.240 e. The summed E-state index contributed by atoms with van der Waals surface area (Å²) in [5.41, 5.74) is 4.75. The Morgan fingerprint density at radius 1 is 1.21 bits per heavy atom. The van der Waals surface area contributed by atoms with E-state index >= 15 is 0 Å². The molecular weight excluding hydrogens is 172 g/mol. The van der Waals surface area contributed by atoms with E-state index in [1.807, 2.05) is 17.8 Å². The Morgan fingerprint density at radius 2 is 2.00 bits per heavy atom. The summed E-state index contributed by atoms with van der Waals surface area (Å²) in [5, 5.41) is 4.18. The van der Waals surface area contributed by atoms with Gasteiger partial charge >= 0.3 is 0 Å². The molecule has 0 unspecified atom stereocenters. The molecule has 0 bridgehead atoms. The summed E-state index contributed by atoms with van der Waals surface area (Å²) >= 11 is 0. The van der Waals surface area contributed by atoms with Gasteiger partial charge in [0, 0.05) is 6.20 Å². The number of benzene rings is 1. The van der Waals surface area contributed by atoms with Gasteiger partial charge in [0.25, 0.3) is 0 Å². The van der Waals surface area contributed by atoms with Crippen LogP contribution < -0.4 is 0 Å². The maximum atomic E-state index is 4.18. The highest BCUT2D eigenvalue weighted by molar-refractivity contribution is 5.44. The molecule has 0 saturated heterocycles. The fraction of sp³-hybridized carbons (Fsp3) is 0.250. The van der Waals surface area contributed by atoms with Gasteiger partial charge < -0.3 is 0 Å². The summed E-state index contributed by atoms with van der Waals surface area (Å²) in [5.74, 6) is 0. The number of aryl methyl sites for hydroxylation is 2. The van der Waals surface area contributed by atoms with E-state index in [2.05, 4.69) is 43.3 Å². The standard InChI is InChI=1S/C12H13N2/c1-9-7-13-14(8-9)12-6-4-5-10(2)11(12)3/h4-6,8H,1-3H3. The predicted octanol–water partition coefficient (Wildman–Crippen LogP) is 2.60. The fourth-order valence-corrected chi connectivity index (χ4v) is 1.48. The molecule has 0 atom stereocenters. The zero-order valence-corrected chi connectivity index (χ0v) is 8.70. The molecule has 2 rings (SSSR count). The second kappa shape index (κ2) is 3.29. The summed E-state index contributed by atoms with van der Waals surface area (Å²) in [6, 6.07) is 6.23. The summed E-state index contributed by atoms with van der Waals surface area (Å²) in [7, 11) is 0. The lowest BCUT2D eigenvalue weighted by atomic mass is 10.1. The first-order valence-electron chi connectivity index (χ1n) is 4.69. The normalized spacial score (nSPS) is 10.5. The van der Waals surface area contributed by atoms with Crippen LogP contribution in [0.2, 0.25) is 0 Å². The molecule has 14 heavy (non-hydrogen) atoms. The number of aromatic nitrogens is 2. The third-order valence-corrected chi connectivity index (χ3v) is 2.47. The summed E-state index contributed by atoms with van der Waals surface area (Å²) in [4.78, 5) is 0. The van der Waals surface area contributed by atoms with E-state index in [1.54, 1.807) is 0 Å². The first-order chi connectivity index (χ1) is 6.68. The predicted molar refractivity (Wildman–Crippen MR) is 56.6 cm³/mol. The van der Waals surface area contributed by atoms with Gasteiger partial charge in [-0.2, -0.15) is 5.10 Å².